The number of piperazine rings is 1. The van der Waals surface area contributed by atoms with Crippen LogP contribution in [0.3, 0.4) is 0 Å². The lowest BCUT2D eigenvalue weighted by Crippen LogP contribution is -2.54. The second-order valence-electron chi connectivity index (χ2n) is 6.94. The van der Waals surface area contributed by atoms with Gasteiger partial charge < -0.3 is 24.7 Å². The first-order valence-corrected chi connectivity index (χ1v) is 9.64. The number of aliphatic imine (C=N–C) groups is 1. The van der Waals surface area contributed by atoms with Crippen LogP contribution < -0.4 is 10.6 Å². The van der Waals surface area contributed by atoms with E-state index in [-0.39, 0.29) is 35.9 Å². The first-order valence-electron chi connectivity index (χ1n) is 9.64. The number of furan rings is 1. The number of halogens is 1. The van der Waals surface area contributed by atoms with E-state index >= 15 is 0 Å². The molecule has 2 N–H and O–H groups in total. The molecule has 2 rings (SSSR count). The molecular formula is C19H34IN5O3. The van der Waals surface area contributed by atoms with Crippen LogP contribution in [0.1, 0.15) is 19.6 Å². The van der Waals surface area contributed by atoms with Gasteiger partial charge in [-0.15, -0.1) is 24.0 Å². The Kier molecular flexibility index (Phi) is 12.2. The Morgan fingerprint density at radius 1 is 1.32 bits per heavy atom. The average Bonchev–Trinajstić information content (AvgIpc) is 3.14. The number of guanidine groups is 1. The molecule has 0 spiro atoms. The second-order valence-corrected chi connectivity index (χ2v) is 6.94. The number of nitrogens with zero attached hydrogens (tertiary/aromatic N) is 3. The van der Waals surface area contributed by atoms with Crippen molar-refractivity contribution >= 4 is 35.8 Å². The summed E-state index contributed by atoms with van der Waals surface area (Å²) in [6, 6.07) is 4.05. The summed E-state index contributed by atoms with van der Waals surface area (Å²) in [6.07, 6.45) is 2.50. The van der Waals surface area contributed by atoms with Crippen LogP contribution in [-0.2, 0) is 16.0 Å². The molecule has 9 heteroatoms. The van der Waals surface area contributed by atoms with Crippen LogP contribution in [0.5, 0.6) is 0 Å². The maximum absolute atomic E-state index is 11.9. The van der Waals surface area contributed by atoms with Gasteiger partial charge in [0, 0.05) is 52.3 Å². The Bertz CT molecular complexity index is 572. The number of methoxy groups -OCH3 is 1. The third-order valence-electron chi connectivity index (χ3n) is 4.28. The monoisotopic (exact) mass is 507 g/mol. The Hall–Kier alpha value is -1.33. The first kappa shape index (κ1) is 24.7. The molecule has 1 fully saturated rings. The number of carbonyl (C=O) groups is 1. The number of carbonyl (C=O) groups excluding carboxylic acids is 1. The van der Waals surface area contributed by atoms with Crippen molar-refractivity contribution in [3.05, 3.63) is 24.2 Å². The molecule has 1 aliphatic rings. The maximum Gasteiger partial charge on any atom is 0.234 e. The van der Waals surface area contributed by atoms with Crippen LogP contribution in [-0.4, -0.2) is 87.2 Å². The van der Waals surface area contributed by atoms with E-state index in [1.807, 2.05) is 26.0 Å². The lowest BCUT2D eigenvalue weighted by molar-refractivity contribution is -0.123. The van der Waals surface area contributed by atoms with E-state index in [1.165, 1.54) is 0 Å². The highest BCUT2D eigenvalue weighted by Crippen LogP contribution is 2.04. The number of hydrogen-bond donors (Lipinski definition) is 2. The molecule has 2 heterocycles. The van der Waals surface area contributed by atoms with Gasteiger partial charge in [0.15, 0.2) is 5.96 Å². The lowest BCUT2D eigenvalue weighted by atomic mass is 10.3. The SMILES string of the molecule is COCCN=C(NCCc1ccco1)N1CCN(CC(=O)NC(C)C)CC1.I. The molecule has 1 amide bonds. The van der Waals surface area contributed by atoms with Gasteiger partial charge in [-0.3, -0.25) is 14.7 Å². The molecule has 0 aliphatic carbocycles. The van der Waals surface area contributed by atoms with Crippen molar-refractivity contribution in [2.24, 2.45) is 4.99 Å². The standard InChI is InChI=1S/C19H33N5O3.HI/c1-16(2)22-18(25)15-23-9-11-24(12-10-23)19(21-8-14-26-3)20-7-6-17-5-4-13-27-17;/h4-5,13,16H,6-12,14-15H2,1-3H3,(H,20,21)(H,22,25);1H. The Labute approximate surface area is 185 Å². The molecule has 1 aromatic rings. The number of rotatable bonds is 9. The van der Waals surface area contributed by atoms with Crippen molar-refractivity contribution in [2.75, 3.05) is 59.5 Å². The van der Waals surface area contributed by atoms with Gasteiger partial charge in [0.1, 0.15) is 5.76 Å². The summed E-state index contributed by atoms with van der Waals surface area (Å²) in [7, 11) is 1.68. The number of amides is 1. The number of nitrogens with one attached hydrogen (secondary N) is 2. The van der Waals surface area contributed by atoms with Gasteiger partial charge >= 0.3 is 0 Å². The fourth-order valence-electron chi connectivity index (χ4n) is 2.95. The van der Waals surface area contributed by atoms with Crippen LogP contribution in [0, 0.1) is 0 Å². The predicted octanol–water partition coefficient (Wildman–Crippen LogP) is 1.17. The third kappa shape index (κ3) is 9.24. The summed E-state index contributed by atoms with van der Waals surface area (Å²) in [4.78, 5) is 21.0. The number of ether oxygens (including phenoxy) is 1. The molecule has 28 heavy (non-hydrogen) atoms. The molecule has 8 nitrogen and oxygen atoms in total. The van der Waals surface area contributed by atoms with Gasteiger partial charge in [0.2, 0.25) is 5.91 Å². The molecule has 0 radical (unpaired) electrons. The molecule has 0 bridgehead atoms. The molecular weight excluding hydrogens is 473 g/mol. The van der Waals surface area contributed by atoms with Crippen LogP contribution in [0.15, 0.2) is 27.8 Å². The fraction of sp³-hybridized carbons (Fsp3) is 0.684. The van der Waals surface area contributed by atoms with Crippen molar-refractivity contribution < 1.29 is 13.9 Å². The van der Waals surface area contributed by atoms with Gasteiger partial charge in [-0.25, -0.2) is 0 Å². The van der Waals surface area contributed by atoms with Gasteiger partial charge in [0.25, 0.3) is 0 Å². The molecule has 0 saturated carbocycles. The molecule has 0 aromatic carbocycles. The van der Waals surface area contributed by atoms with Crippen molar-refractivity contribution in [1.29, 1.82) is 0 Å². The minimum atomic E-state index is 0. The summed E-state index contributed by atoms with van der Waals surface area (Å²) in [5.74, 6) is 1.94. The summed E-state index contributed by atoms with van der Waals surface area (Å²) in [6.45, 7) is 9.76. The zero-order valence-electron chi connectivity index (χ0n) is 17.1. The van der Waals surface area contributed by atoms with Crippen LogP contribution >= 0.6 is 24.0 Å². The highest BCUT2D eigenvalue weighted by molar-refractivity contribution is 14.0. The molecule has 0 atom stereocenters. The van der Waals surface area contributed by atoms with E-state index in [0.717, 1.165) is 50.9 Å². The van der Waals surface area contributed by atoms with Crippen molar-refractivity contribution in [1.82, 2.24) is 20.4 Å². The molecule has 1 aromatic heterocycles. The lowest BCUT2D eigenvalue weighted by Gasteiger charge is -2.36. The number of hydrogen-bond acceptors (Lipinski definition) is 5. The predicted molar refractivity (Wildman–Crippen MR) is 121 cm³/mol. The Morgan fingerprint density at radius 2 is 2.07 bits per heavy atom. The zero-order chi connectivity index (χ0) is 19.5. The van der Waals surface area contributed by atoms with Crippen molar-refractivity contribution in [3.63, 3.8) is 0 Å². The highest BCUT2D eigenvalue weighted by atomic mass is 127. The maximum atomic E-state index is 11.9. The van der Waals surface area contributed by atoms with E-state index in [9.17, 15) is 4.79 Å². The molecule has 1 saturated heterocycles. The van der Waals surface area contributed by atoms with E-state index in [1.54, 1.807) is 13.4 Å². The summed E-state index contributed by atoms with van der Waals surface area (Å²) in [5.41, 5.74) is 0. The van der Waals surface area contributed by atoms with Crippen molar-refractivity contribution in [2.45, 2.75) is 26.3 Å². The van der Waals surface area contributed by atoms with Gasteiger partial charge in [-0.2, -0.15) is 0 Å². The first-order chi connectivity index (χ1) is 13.1. The third-order valence-corrected chi connectivity index (χ3v) is 4.28. The normalized spacial score (nSPS) is 15.4. The summed E-state index contributed by atoms with van der Waals surface area (Å²) >= 11 is 0. The molecule has 1 aliphatic heterocycles. The highest BCUT2D eigenvalue weighted by Gasteiger charge is 2.21. The second kappa shape index (κ2) is 13.8. The van der Waals surface area contributed by atoms with Crippen LogP contribution in [0.4, 0.5) is 0 Å². The van der Waals surface area contributed by atoms with Crippen molar-refractivity contribution in [3.8, 4) is 0 Å². The smallest absolute Gasteiger partial charge is 0.234 e. The Morgan fingerprint density at radius 3 is 2.68 bits per heavy atom. The summed E-state index contributed by atoms with van der Waals surface area (Å²) < 4.78 is 10.5. The van der Waals surface area contributed by atoms with E-state index < -0.39 is 0 Å². The van der Waals surface area contributed by atoms with E-state index in [0.29, 0.717) is 19.7 Å². The molecule has 160 valence electrons. The average molecular weight is 507 g/mol. The van der Waals surface area contributed by atoms with E-state index in [4.69, 9.17) is 9.15 Å². The minimum absolute atomic E-state index is 0. The molecule has 0 unspecified atom stereocenters. The van der Waals surface area contributed by atoms with Gasteiger partial charge in [0.05, 0.1) is 26.0 Å². The Balaban J connectivity index is 0.00000392. The van der Waals surface area contributed by atoms with E-state index in [2.05, 4.69) is 25.4 Å². The van der Waals surface area contributed by atoms with Gasteiger partial charge in [-0.05, 0) is 26.0 Å². The largest absolute Gasteiger partial charge is 0.469 e. The van der Waals surface area contributed by atoms with Crippen LogP contribution in [0.2, 0.25) is 0 Å². The zero-order valence-corrected chi connectivity index (χ0v) is 19.5. The van der Waals surface area contributed by atoms with Crippen LogP contribution in [0.25, 0.3) is 0 Å². The minimum Gasteiger partial charge on any atom is -0.469 e. The van der Waals surface area contributed by atoms with Gasteiger partial charge in [-0.1, -0.05) is 0 Å². The quantitative estimate of drug-likeness (QED) is 0.226. The summed E-state index contributed by atoms with van der Waals surface area (Å²) in [5, 5.41) is 6.38. The fourth-order valence-corrected chi connectivity index (χ4v) is 2.95. The topological polar surface area (TPSA) is 82.3 Å².